The maximum Gasteiger partial charge on any atom is 0.327 e. The van der Waals surface area contributed by atoms with Gasteiger partial charge in [0, 0.05) is 11.5 Å². The number of carboxylic acid groups (broad SMARTS) is 1. The van der Waals surface area contributed by atoms with E-state index < -0.39 is 35.9 Å². The number of rotatable bonds is 10. The Balaban J connectivity index is 4.52. The molecule has 0 radical (unpaired) electrons. The number of thiol groups is 2. The molecule has 0 bridgehead atoms. The second-order valence-electron chi connectivity index (χ2n) is 4.21. The molecular formula is C11H21N3O4S3. The second kappa shape index (κ2) is 11.0. The molecule has 0 aliphatic carbocycles. The zero-order chi connectivity index (χ0) is 16.4. The molecule has 10 heteroatoms. The fraction of sp³-hybridized carbons (Fsp3) is 0.727. The third kappa shape index (κ3) is 7.84. The Hall–Kier alpha value is -0.580. The third-order valence-electron chi connectivity index (χ3n) is 2.58. The van der Waals surface area contributed by atoms with E-state index in [1.807, 2.05) is 6.26 Å². The van der Waals surface area contributed by atoms with Crippen LogP contribution in [0.2, 0.25) is 0 Å². The van der Waals surface area contributed by atoms with E-state index in [4.69, 9.17) is 10.8 Å². The number of amides is 2. The van der Waals surface area contributed by atoms with Crippen LogP contribution in [0.15, 0.2) is 0 Å². The highest BCUT2D eigenvalue weighted by Crippen LogP contribution is 2.00. The zero-order valence-electron chi connectivity index (χ0n) is 11.6. The Morgan fingerprint density at radius 2 is 1.67 bits per heavy atom. The summed E-state index contributed by atoms with van der Waals surface area (Å²) in [6.45, 7) is 0. The lowest BCUT2D eigenvalue weighted by atomic mass is 10.2. The van der Waals surface area contributed by atoms with Crippen LogP contribution in [-0.2, 0) is 14.4 Å². The van der Waals surface area contributed by atoms with Crippen LogP contribution >= 0.6 is 37.0 Å². The topological polar surface area (TPSA) is 122 Å². The van der Waals surface area contributed by atoms with Crippen molar-refractivity contribution in [3.05, 3.63) is 0 Å². The van der Waals surface area contributed by atoms with E-state index in [1.165, 1.54) is 0 Å². The van der Waals surface area contributed by atoms with Crippen molar-refractivity contribution in [2.75, 3.05) is 23.5 Å². The highest BCUT2D eigenvalue weighted by Gasteiger charge is 2.26. The summed E-state index contributed by atoms with van der Waals surface area (Å²) in [5, 5.41) is 13.6. The Morgan fingerprint density at radius 3 is 2.10 bits per heavy atom. The first-order chi connectivity index (χ1) is 9.87. The van der Waals surface area contributed by atoms with Gasteiger partial charge in [0.2, 0.25) is 11.8 Å². The molecule has 0 aliphatic rings. The maximum atomic E-state index is 11.9. The van der Waals surface area contributed by atoms with Crippen LogP contribution in [0, 0.1) is 0 Å². The van der Waals surface area contributed by atoms with Crippen molar-refractivity contribution < 1.29 is 19.5 Å². The molecule has 2 amide bonds. The van der Waals surface area contributed by atoms with Crippen molar-refractivity contribution in [3.63, 3.8) is 0 Å². The SMILES string of the molecule is CSCCC(N)C(=O)NC(CS)C(=O)NC(CS)C(=O)O. The number of aliphatic carboxylic acids is 1. The molecular weight excluding hydrogens is 334 g/mol. The van der Waals surface area contributed by atoms with Gasteiger partial charge in [-0.05, 0) is 18.4 Å². The van der Waals surface area contributed by atoms with Crippen molar-refractivity contribution >= 4 is 54.8 Å². The second-order valence-corrected chi connectivity index (χ2v) is 5.93. The molecule has 122 valence electrons. The summed E-state index contributed by atoms with van der Waals surface area (Å²) in [7, 11) is 0. The highest BCUT2D eigenvalue weighted by molar-refractivity contribution is 7.98. The van der Waals surface area contributed by atoms with Gasteiger partial charge in [-0.3, -0.25) is 9.59 Å². The monoisotopic (exact) mass is 355 g/mol. The molecule has 0 spiro atoms. The van der Waals surface area contributed by atoms with Gasteiger partial charge in [0.05, 0.1) is 6.04 Å². The average Bonchev–Trinajstić information content (AvgIpc) is 2.46. The standard InChI is InChI=1S/C11H21N3O4S3/c1-21-3-2-6(12)9(15)13-7(4-19)10(16)14-8(5-20)11(17)18/h6-8,19-20H,2-5,12H2,1H3,(H,13,15)(H,14,16)(H,17,18). The van der Waals surface area contributed by atoms with Gasteiger partial charge in [0.25, 0.3) is 0 Å². The molecule has 21 heavy (non-hydrogen) atoms. The molecule has 0 aliphatic heterocycles. The largest absolute Gasteiger partial charge is 0.480 e. The number of nitrogens with one attached hydrogen (secondary N) is 2. The molecule has 0 saturated carbocycles. The number of thioether (sulfide) groups is 1. The molecule has 0 aromatic rings. The van der Waals surface area contributed by atoms with Gasteiger partial charge in [-0.1, -0.05) is 0 Å². The summed E-state index contributed by atoms with van der Waals surface area (Å²) in [5.41, 5.74) is 5.69. The summed E-state index contributed by atoms with van der Waals surface area (Å²) >= 11 is 9.39. The molecule has 0 aromatic carbocycles. The van der Waals surface area contributed by atoms with E-state index in [2.05, 4.69) is 35.9 Å². The molecule has 0 aromatic heterocycles. The smallest absolute Gasteiger partial charge is 0.327 e. The van der Waals surface area contributed by atoms with Crippen molar-refractivity contribution in [2.24, 2.45) is 5.73 Å². The van der Waals surface area contributed by atoms with Gasteiger partial charge in [0.1, 0.15) is 12.1 Å². The number of nitrogens with two attached hydrogens (primary N) is 1. The van der Waals surface area contributed by atoms with Crippen molar-refractivity contribution in [3.8, 4) is 0 Å². The summed E-state index contributed by atoms with van der Waals surface area (Å²) < 4.78 is 0. The first kappa shape index (κ1) is 20.4. The maximum absolute atomic E-state index is 11.9. The average molecular weight is 356 g/mol. The zero-order valence-corrected chi connectivity index (χ0v) is 14.2. The third-order valence-corrected chi connectivity index (χ3v) is 3.96. The van der Waals surface area contributed by atoms with Crippen LogP contribution in [0.3, 0.4) is 0 Å². The van der Waals surface area contributed by atoms with E-state index in [0.29, 0.717) is 6.42 Å². The molecule has 3 atom stereocenters. The lowest BCUT2D eigenvalue weighted by molar-refractivity contribution is -0.141. The molecule has 3 unspecified atom stereocenters. The molecule has 5 N–H and O–H groups in total. The van der Waals surface area contributed by atoms with Gasteiger partial charge < -0.3 is 21.5 Å². The lowest BCUT2D eigenvalue weighted by Crippen LogP contribution is -2.55. The molecule has 0 fully saturated rings. The lowest BCUT2D eigenvalue weighted by Gasteiger charge is -2.21. The summed E-state index contributed by atoms with van der Waals surface area (Å²) in [6, 6.07) is -2.78. The molecule has 7 nitrogen and oxygen atoms in total. The predicted molar refractivity (Wildman–Crippen MR) is 90.2 cm³/mol. The number of carbonyl (C=O) groups excluding carboxylic acids is 2. The van der Waals surface area contributed by atoms with Crippen LogP contribution in [-0.4, -0.2) is 64.5 Å². The van der Waals surface area contributed by atoms with Crippen LogP contribution in [0.5, 0.6) is 0 Å². The molecule has 0 rings (SSSR count). The fourth-order valence-electron chi connectivity index (χ4n) is 1.31. The summed E-state index contributed by atoms with van der Waals surface area (Å²) in [4.78, 5) is 34.6. The fourth-order valence-corrected chi connectivity index (χ4v) is 2.30. The summed E-state index contributed by atoms with van der Waals surface area (Å²) in [6.07, 6.45) is 2.39. The number of hydrogen-bond donors (Lipinski definition) is 6. The quantitative estimate of drug-likeness (QED) is 0.279. The minimum Gasteiger partial charge on any atom is -0.480 e. The highest BCUT2D eigenvalue weighted by atomic mass is 32.2. The van der Waals surface area contributed by atoms with Gasteiger partial charge in [-0.25, -0.2) is 4.79 Å². The number of carboxylic acids is 1. The van der Waals surface area contributed by atoms with Crippen molar-refractivity contribution in [2.45, 2.75) is 24.5 Å². The van der Waals surface area contributed by atoms with Gasteiger partial charge in [0.15, 0.2) is 0 Å². The molecule has 0 saturated heterocycles. The number of carbonyl (C=O) groups is 3. The van der Waals surface area contributed by atoms with E-state index in [1.54, 1.807) is 11.8 Å². The van der Waals surface area contributed by atoms with Gasteiger partial charge >= 0.3 is 5.97 Å². The predicted octanol–water partition coefficient (Wildman–Crippen LogP) is -1.02. The normalized spacial score (nSPS) is 14.9. The number of hydrogen-bond acceptors (Lipinski definition) is 7. The van der Waals surface area contributed by atoms with Gasteiger partial charge in [-0.2, -0.15) is 37.0 Å². The Morgan fingerprint density at radius 1 is 1.14 bits per heavy atom. The van der Waals surface area contributed by atoms with Crippen LogP contribution in [0.1, 0.15) is 6.42 Å². The minimum atomic E-state index is -1.20. The minimum absolute atomic E-state index is 0.0335. The van der Waals surface area contributed by atoms with Crippen LogP contribution in [0.4, 0.5) is 0 Å². The van der Waals surface area contributed by atoms with Crippen LogP contribution in [0.25, 0.3) is 0 Å². The first-order valence-electron chi connectivity index (χ1n) is 6.17. The van der Waals surface area contributed by atoms with Gasteiger partial charge in [-0.15, -0.1) is 0 Å². The van der Waals surface area contributed by atoms with Crippen molar-refractivity contribution in [1.29, 1.82) is 0 Å². The Bertz CT molecular complexity index is 371. The van der Waals surface area contributed by atoms with Crippen LogP contribution < -0.4 is 16.4 Å². The van der Waals surface area contributed by atoms with E-state index in [9.17, 15) is 14.4 Å². The Labute approximate surface area is 139 Å². The first-order valence-corrected chi connectivity index (χ1v) is 8.83. The van der Waals surface area contributed by atoms with Crippen molar-refractivity contribution in [1.82, 2.24) is 10.6 Å². The molecule has 0 heterocycles. The Kier molecular flexibility index (Phi) is 10.7. The van der Waals surface area contributed by atoms with E-state index >= 15 is 0 Å². The summed E-state index contributed by atoms with van der Waals surface area (Å²) in [5.74, 6) is -1.58. The van der Waals surface area contributed by atoms with E-state index in [0.717, 1.165) is 5.75 Å². The van der Waals surface area contributed by atoms with E-state index in [-0.39, 0.29) is 11.5 Å².